The van der Waals surface area contributed by atoms with E-state index in [1.54, 1.807) is 24.0 Å². The molecule has 0 radical (unpaired) electrons. The van der Waals surface area contributed by atoms with E-state index >= 15 is 0 Å². The van der Waals surface area contributed by atoms with Gasteiger partial charge in [0.15, 0.2) is 6.10 Å². The second-order valence-corrected chi connectivity index (χ2v) is 7.07. The van der Waals surface area contributed by atoms with Gasteiger partial charge >= 0.3 is 5.97 Å². The molecule has 3 rings (SSSR count). The number of carboxylic acids is 1. The smallest absolute Gasteiger partial charge is 0.305 e. The number of benzene rings is 1. The number of hydrogen-bond acceptors (Lipinski definition) is 4. The number of para-hydroxylation sites is 2. The molecule has 1 unspecified atom stereocenters. The molecule has 1 aromatic carbocycles. The van der Waals surface area contributed by atoms with Gasteiger partial charge in [-0.3, -0.25) is 14.4 Å². The first-order chi connectivity index (χ1) is 12.4. The lowest BCUT2D eigenvalue weighted by Crippen LogP contribution is -2.50. The average Bonchev–Trinajstić information content (AvgIpc) is 3.02. The van der Waals surface area contributed by atoms with Crippen molar-refractivity contribution in [1.82, 2.24) is 5.32 Å². The molecule has 0 bridgehead atoms. The summed E-state index contributed by atoms with van der Waals surface area (Å²) >= 11 is 0. The number of hydrogen-bond donors (Lipinski definition) is 2. The molecular formula is C19H24N2O5. The third-order valence-corrected chi connectivity index (χ3v) is 5.09. The van der Waals surface area contributed by atoms with Gasteiger partial charge in [-0.25, -0.2) is 0 Å². The van der Waals surface area contributed by atoms with Crippen molar-refractivity contribution in [3.8, 4) is 5.75 Å². The van der Waals surface area contributed by atoms with E-state index in [2.05, 4.69) is 5.32 Å². The molecule has 0 saturated heterocycles. The van der Waals surface area contributed by atoms with Crippen molar-refractivity contribution in [2.24, 2.45) is 0 Å². The number of carbonyl (C=O) groups is 3. The Morgan fingerprint density at radius 2 is 2.00 bits per heavy atom. The Hall–Kier alpha value is -2.57. The van der Waals surface area contributed by atoms with Gasteiger partial charge in [0.05, 0.1) is 17.6 Å². The number of carboxylic acid groups (broad SMARTS) is 1. The van der Waals surface area contributed by atoms with Crippen LogP contribution in [0.5, 0.6) is 5.75 Å². The van der Waals surface area contributed by atoms with Gasteiger partial charge in [0.25, 0.3) is 5.91 Å². The summed E-state index contributed by atoms with van der Waals surface area (Å²) in [6.45, 7) is 1.92. The lowest BCUT2D eigenvalue weighted by molar-refractivity contribution is -0.139. The van der Waals surface area contributed by atoms with E-state index in [-0.39, 0.29) is 31.2 Å². The quantitative estimate of drug-likeness (QED) is 0.810. The molecule has 7 nitrogen and oxygen atoms in total. The van der Waals surface area contributed by atoms with E-state index in [1.165, 1.54) is 0 Å². The SMILES string of the molecule is CC1Oc2ccccc2N(CCC(=O)NC2(CC(=O)O)CCCC2)C1=O. The van der Waals surface area contributed by atoms with E-state index in [1.807, 2.05) is 12.1 Å². The number of rotatable bonds is 6. The highest BCUT2D eigenvalue weighted by Crippen LogP contribution is 2.34. The zero-order valence-corrected chi connectivity index (χ0v) is 14.9. The number of carbonyl (C=O) groups excluding carboxylic acids is 2. The molecule has 1 aliphatic carbocycles. The van der Waals surface area contributed by atoms with Gasteiger partial charge in [0.2, 0.25) is 5.91 Å². The molecule has 140 valence electrons. The molecule has 1 aliphatic heterocycles. The van der Waals surface area contributed by atoms with Gasteiger partial charge in [-0.15, -0.1) is 0 Å². The Balaban J connectivity index is 1.65. The maximum Gasteiger partial charge on any atom is 0.305 e. The fourth-order valence-corrected chi connectivity index (χ4v) is 3.85. The van der Waals surface area contributed by atoms with Gasteiger partial charge in [0.1, 0.15) is 5.75 Å². The summed E-state index contributed by atoms with van der Waals surface area (Å²) in [5, 5.41) is 12.1. The number of nitrogens with zero attached hydrogens (tertiary/aromatic N) is 1. The minimum absolute atomic E-state index is 0.0604. The number of amides is 2. The summed E-state index contributed by atoms with van der Waals surface area (Å²) in [5.74, 6) is -0.688. The largest absolute Gasteiger partial charge is 0.481 e. The van der Waals surface area contributed by atoms with Crippen molar-refractivity contribution in [2.75, 3.05) is 11.4 Å². The molecule has 26 heavy (non-hydrogen) atoms. The van der Waals surface area contributed by atoms with Crippen molar-refractivity contribution in [3.05, 3.63) is 24.3 Å². The van der Waals surface area contributed by atoms with E-state index in [0.717, 1.165) is 12.8 Å². The van der Waals surface area contributed by atoms with Gasteiger partial charge in [-0.1, -0.05) is 25.0 Å². The van der Waals surface area contributed by atoms with Crippen LogP contribution >= 0.6 is 0 Å². The molecule has 7 heteroatoms. The standard InChI is InChI=1S/C19H24N2O5/c1-13-18(25)21(14-6-2-3-7-15(14)26-13)11-8-16(22)20-19(12-17(23)24)9-4-5-10-19/h2-3,6-7,13H,4-5,8-12H2,1H3,(H,20,22)(H,23,24). The Morgan fingerprint density at radius 1 is 1.31 bits per heavy atom. The molecular weight excluding hydrogens is 336 g/mol. The van der Waals surface area contributed by atoms with Crippen molar-refractivity contribution < 1.29 is 24.2 Å². The molecule has 1 heterocycles. The maximum atomic E-state index is 12.5. The summed E-state index contributed by atoms with van der Waals surface area (Å²) in [5.41, 5.74) is 0.00729. The van der Waals surface area contributed by atoms with Crippen LogP contribution in [0, 0.1) is 0 Å². The van der Waals surface area contributed by atoms with Crippen LogP contribution in [0.3, 0.4) is 0 Å². The third kappa shape index (κ3) is 3.81. The fourth-order valence-electron chi connectivity index (χ4n) is 3.85. The highest BCUT2D eigenvalue weighted by atomic mass is 16.5. The molecule has 2 N–H and O–H groups in total. The van der Waals surface area contributed by atoms with E-state index in [9.17, 15) is 14.4 Å². The average molecular weight is 360 g/mol. The highest BCUT2D eigenvalue weighted by molar-refractivity contribution is 6.00. The van der Waals surface area contributed by atoms with E-state index in [0.29, 0.717) is 24.3 Å². The van der Waals surface area contributed by atoms with Crippen LogP contribution in [-0.4, -0.2) is 41.1 Å². The van der Waals surface area contributed by atoms with Crippen LogP contribution in [0.1, 0.15) is 45.4 Å². The minimum Gasteiger partial charge on any atom is -0.481 e. The Morgan fingerprint density at radius 3 is 2.69 bits per heavy atom. The van der Waals surface area contributed by atoms with Gasteiger partial charge in [-0.2, -0.15) is 0 Å². The van der Waals surface area contributed by atoms with E-state index < -0.39 is 17.6 Å². The normalized spacial score (nSPS) is 21.0. The Bertz CT molecular complexity index is 712. The molecule has 2 amide bonds. The predicted molar refractivity (Wildman–Crippen MR) is 95.1 cm³/mol. The first kappa shape index (κ1) is 18.2. The molecule has 1 atom stereocenters. The number of anilines is 1. The van der Waals surface area contributed by atoms with Crippen LogP contribution in [-0.2, 0) is 14.4 Å². The van der Waals surface area contributed by atoms with Crippen LogP contribution in [0.4, 0.5) is 5.69 Å². The monoisotopic (exact) mass is 360 g/mol. The summed E-state index contributed by atoms with van der Waals surface area (Å²) in [6, 6.07) is 7.24. The van der Waals surface area contributed by atoms with Crippen LogP contribution in [0.15, 0.2) is 24.3 Å². The van der Waals surface area contributed by atoms with Gasteiger partial charge in [0, 0.05) is 13.0 Å². The molecule has 2 aliphatic rings. The van der Waals surface area contributed by atoms with Crippen LogP contribution in [0.2, 0.25) is 0 Å². The molecule has 0 spiro atoms. The van der Waals surface area contributed by atoms with Crippen molar-refractivity contribution >= 4 is 23.5 Å². The Kier molecular flexibility index (Phi) is 5.15. The number of fused-ring (bicyclic) bond motifs is 1. The summed E-state index contributed by atoms with van der Waals surface area (Å²) in [7, 11) is 0. The second-order valence-electron chi connectivity index (χ2n) is 7.07. The summed E-state index contributed by atoms with van der Waals surface area (Å²) < 4.78 is 5.59. The first-order valence-corrected chi connectivity index (χ1v) is 9.00. The zero-order valence-electron chi connectivity index (χ0n) is 14.9. The summed E-state index contributed by atoms with van der Waals surface area (Å²) in [4.78, 5) is 37.6. The fraction of sp³-hybridized carbons (Fsp3) is 0.526. The van der Waals surface area contributed by atoms with Crippen LogP contribution in [0.25, 0.3) is 0 Å². The molecule has 1 fully saturated rings. The lowest BCUT2D eigenvalue weighted by Gasteiger charge is -2.33. The van der Waals surface area contributed by atoms with Gasteiger partial charge in [-0.05, 0) is 31.9 Å². The van der Waals surface area contributed by atoms with Crippen molar-refractivity contribution in [2.45, 2.75) is 57.1 Å². The first-order valence-electron chi connectivity index (χ1n) is 9.00. The van der Waals surface area contributed by atoms with Gasteiger partial charge < -0.3 is 20.1 Å². The number of ether oxygens (including phenoxy) is 1. The molecule has 1 saturated carbocycles. The van der Waals surface area contributed by atoms with Crippen molar-refractivity contribution in [1.29, 1.82) is 0 Å². The zero-order chi connectivity index (χ0) is 18.7. The highest BCUT2D eigenvalue weighted by Gasteiger charge is 2.38. The molecule has 0 aromatic heterocycles. The number of nitrogens with one attached hydrogen (secondary N) is 1. The predicted octanol–water partition coefficient (Wildman–Crippen LogP) is 2.09. The van der Waals surface area contributed by atoms with Crippen LogP contribution < -0.4 is 15.0 Å². The minimum atomic E-state index is -0.904. The third-order valence-electron chi connectivity index (χ3n) is 5.09. The topological polar surface area (TPSA) is 95.9 Å². The summed E-state index contributed by atoms with van der Waals surface area (Å²) in [6.07, 6.45) is 2.66. The molecule has 1 aromatic rings. The van der Waals surface area contributed by atoms with Crippen molar-refractivity contribution in [3.63, 3.8) is 0 Å². The number of aliphatic carboxylic acids is 1. The lowest BCUT2D eigenvalue weighted by atomic mass is 9.93. The Labute approximate surface area is 152 Å². The maximum absolute atomic E-state index is 12.5. The second kappa shape index (κ2) is 7.35. The van der Waals surface area contributed by atoms with E-state index in [4.69, 9.17) is 9.84 Å².